The van der Waals surface area contributed by atoms with Gasteiger partial charge in [0.1, 0.15) is 5.82 Å². The fourth-order valence-corrected chi connectivity index (χ4v) is 2.83. The number of nitrogen functional groups attached to an aromatic ring is 1. The van der Waals surface area contributed by atoms with E-state index in [2.05, 4.69) is 29.1 Å². The van der Waals surface area contributed by atoms with Crippen molar-refractivity contribution in [1.82, 2.24) is 14.4 Å². The predicted molar refractivity (Wildman–Crippen MR) is 78.6 cm³/mol. The summed E-state index contributed by atoms with van der Waals surface area (Å²) in [6.07, 6.45) is 6.65. The third-order valence-corrected chi connectivity index (χ3v) is 4.25. The molecule has 0 aromatic carbocycles. The van der Waals surface area contributed by atoms with Crippen molar-refractivity contribution in [2.45, 2.75) is 39.3 Å². The molecule has 1 fully saturated rings. The molecule has 108 valence electrons. The highest BCUT2D eigenvalue weighted by molar-refractivity contribution is 5.65. The van der Waals surface area contributed by atoms with Gasteiger partial charge in [0.05, 0.1) is 12.3 Å². The normalized spacial score (nSPS) is 24.6. The van der Waals surface area contributed by atoms with Gasteiger partial charge >= 0.3 is 0 Å². The molecule has 0 bridgehead atoms. The van der Waals surface area contributed by atoms with Gasteiger partial charge in [0.25, 0.3) is 0 Å². The summed E-state index contributed by atoms with van der Waals surface area (Å²) in [4.78, 5) is 8.70. The topological polar surface area (TPSA) is 77.5 Å². The SMILES string of the molecule is CCOC1CC(Nc2nc(N)cn3ccnc23)C1(C)C. The zero-order valence-corrected chi connectivity index (χ0v) is 12.1. The van der Waals surface area contributed by atoms with Crippen molar-refractivity contribution in [3.8, 4) is 0 Å². The van der Waals surface area contributed by atoms with Gasteiger partial charge in [-0.05, 0) is 13.3 Å². The molecule has 0 saturated heterocycles. The standard InChI is InChI=1S/C14H21N5O/c1-4-20-10-7-9(14(10,2)3)17-12-13-16-5-6-19(13)8-11(15)18-12/h5-6,8-10H,4,7,15H2,1-3H3,(H,17,18). The van der Waals surface area contributed by atoms with Crippen molar-refractivity contribution in [3.63, 3.8) is 0 Å². The molecule has 3 N–H and O–H groups in total. The molecule has 1 aliphatic rings. The lowest BCUT2D eigenvalue weighted by molar-refractivity contribution is -0.0976. The lowest BCUT2D eigenvalue weighted by Crippen LogP contribution is -2.58. The molecule has 2 atom stereocenters. The Kier molecular flexibility index (Phi) is 3.05. The van der Waals surface area contributed by atoms with E-state index in [0.717, 1.165) is 24.5 Å². The summed E-state index contributed by atoms with van der Waals surface area (Å²) in [6, 6.07) is 0.314. The van der Waals surface area contributed by atoms with Gasteiger partial charge in [-0.15, -0.1) is 0 Å². The van der Waals surface area contributed by atoms with Gasteiger partial charge in [0, 0.05) is 30.5 Å². The summed E-state index contributed by atoms with van der Waals surface area (Å²) in [5.74, 6) is 1.22. The van der Waals surface area contributed by atoms with Gasteiger partial charge < -0.3 is 20.2 Å². The van der Waals surface area contributed by atoms with Crippen LogP contribution in [0.4, 0.5) is 11.6 Å². The number of fused-ring (bicyclic) bond motifs is 1. The Morgan fingerprint density at radius 1 is 1.55 bits per heavy atom. The third kappa shape index (κ3) is 2.00. The molecule has 0 radical (unpaired) electrons. The second-order valence-electron chi connectivity index (χ2n) is 5.87. The van der Waals surface area contributed by atoms with Gasteiger partial charge in [-0.2, -0.15) is 0 Å². The first-order chi connectivity index (χ1) is 9.52. The molecule has 0 amide bonds. The lowest BCUT2D eigenvalue weighted by Gasteiger charge is -2.51. The second-order valence-corrected chi connectivity index (χ2v) is 5.87. The Hall–Kier alpha value is -1.82. The van der Waals surface area contributed by atoms with Gasteiger partial charge in [0.2, 0.25) is 0 Å². The zero-order chi connectivity index (χ0) is 14.3. The van der Waals surface area contributed by atoms with Crippen LogP contribution in [0, 0.1) is 5.41 Å². The minimum absolute atomic E-state index is 0.0753. The molecule has 2 unspecified atom stereocenters. The van der Waals surface area contributed by atoms with E-state index in [9.17, 15) is 0 Å². The van der Waals surface area contributed by atoms with E-state index in [-0.39, 0.29) is 5.41 Å². The van der Waals surface area contributed by atoms with Crippen LogP contribution in [0.1, 0.15) is 27.2 Å². The van der Waals surface area contributed by atoms with Crippen molar-refractivity contribution in [3.05, 3.63) is 18.6 Å². The van der Waals surface area contributed by atoms with Crippen LogP contribution in [-0.2, 0) is 4.74 Å². The number of nitrogens with two attached hydrogens (primary N) is 1. The zero-order valence-electron chi connectivity index (χ0n) is 12.1. The molecule has 20 heavy (non-hydrogen) atoms. The van der Waals surface area contributed by atoms with Crippen molar-refractivity contribution < 1.29 is 4.74 Å². The molecule has 0 aliphatic heterocycles. The number of hydrogen-bond acceptors (Lipinski definition) is 5. The maximum Gasteiger partial charge on any atom is 0.180 e. The van der Waals surface area contributed by atoms with Crippen LogP contribution < -0.4 is 11.1 Å². The van der Waals surface area contributed by atoms with E-state index in [0.29, 0.717) is 18.0 Å². The molecular formula is C14H21N5O. The molecule has 1 aliphatic carbocycles. The number of anilines is 2. The first-order valence-electron chi connectivity index (χ1n) is 6.99. The minimum atomic E-state index is 0.0753. The van der Waals surface area contributed by atoms with Gasteiger partial charge in [-0.25, -0.2) is 9.97 Å². The van der Waals surface area contributed by atoms with Crippen LogP contribution in [0.3, 0.4) is 0 Å². The number of aromatic nitrogens is 3. The Labute approximate surface area is 118 Å². The van der Waals surface area contributed by atoms with Crippen molar-refractivity contribution in [2.24, 2.45) is 5.41 Å². The first-order valence-corrected chi connectivity index (χ1v) is 6.99. The molecule has 3 rings (SSSR count). The summed E-state index contributed by atoms with van der Waals surface area (Å²) in [5, 5.41) is 3.47. The fourth-order valence-electron chi connectivity index (χ4n) is 2.83. The summed E-state index contributed by atoms with van der Waals surface area (Å²) in [7, 11) is 0. The van der Waals surface area contributed by atoms with Crippen LogP contribution in [0.15, 0.2) is 18.6 Å². The van der Waals surface area contributed by atoms with Gasteiger partial charge in [0.15, 0.2) is 11.5 Å². The molecule has 6 heteroatoms. The molecule has 0 spiro atoms. The Bertz CT molecular complexity index is 621. The maximum atomic E-state index is 5.84. The summed E-state index contributed by atoms with van der Waals surface area (Å²) in [6.45, 7) is 7.21. The van der Waals surface area contributed by atoms with E-state index < -0.39 is 0 Å². The van der Waals surface area contributed by atoms with Gasteiger partial charge in [-0.3, -0.25) is 0 Å². The number of nitrogens with zero attached hydrogens (tertiary/aromatic N) is 3. The fraction of sp³-hybridized carbons (Fsp3) is 0.571. The van der Waals surface area contributed by atoms with E-state index in [4.69, 9.17) is 10.5 Å². The average molecular weight is 275 g/mol. The van der Waals surface area contributed by atoms with E-state index >= 15 is 0 Å². The lowest BCUT2D eigenvalue weighted by atomic mass is 9.64. The van der Waals surface area contributed by atoms with Crippen LogP contribution in [0.5, 0.6) is 0 Å². The van der Waals surface area contributed by atoms with Crippen LogP contribution >= 0.6 is 0 Å². The minimum Gasteiger partial charge on any atom is -0.382 e. The first kappa shape index (κ1) is 13.2. The van der Waals surface area contributed by atoms with E-state index in [1.807, 2.05) is 17.5 Å². The number of ether oxygens (including phenoxy) is 1. The molecule has 6 nitrogen and oxygen atoms in total. The maximum absolute atomic E-state index is 5.84. The number of imidazole rings is 1. The molecule has 2 aromatic heterocycles. The summed E-state index contributed by atoms with van der Waals surface area (Å²) < 4.78 is 7.64. The molecular weight excluding hydrogens is 254 g/mol. The Balaban J connectivity index is 1.83. The van der Waals surface area contributed by atoms with Crippen molar-refractivity contribution >= 4 is 17.3 Å². The van der Waals surface area contributed by atoms with Crippen molar-refractivity contribution in [2.75, 3.05) is 17.7 Å². The Morgan fingerprint density at radius 3 is 3.05 bits per heavy atom. The highest BCUT2D eigenvalue weighted by atomic mass is 16.5. The Morgan fingerprint density at radius 2 is 2.35 bits per heavy atom. The monoisotopic (exact) mass is 275 g/mol. The largest absolute Gasteiger partial charge is 0.382 e. The number of hydrogen-bond donors (Lipinski definition) is 2. The smallest absolute Gasteiger partial charge is 0.180 e. The van der Waals surface area contributed by atoms with E-state index in [1.165, 1.54) is 0 Å². The van der Waals surface area contributed by atoms with Crippen LogP contribution in [-0.4, -0.2) is 33.1 Å². The average Bonchev–Trinajstić information content (AvgIpc) is 2.85. The van der Waals surface area contributed by atoms with E-state index in [1.54, 1.807) is 12.4 Å². The highest BCUT2D eigenvalue weighted by Gasteiger charge is 2.49. The second kappa shape index (κ2) is 4.63. The third-order valence-electron chi connectivity index (χ3n) is 4.25. The summed E-state index contributed by atoms with van der Waals surface area (Å²) in [5.41, 5.74) is 6.71. The highest BCUT2D eigenvalue weighted by Crippen LogP contribution is 2.44. The molecule has 1 saturated carbocycles. The predicted octanol–water partition coefficient (Wildman–Crippen LogP) is 1.93. The molecule has 2 aromatic rings. The summed E-state index contributed by atoms with van der Waals surface area (Å²) >= 11 is 0. The van der Waals surface area contributed by atoms with Gasteiger partial charge in [-0.1, -0.05) is 13.8 Å². The van der Waals surface area contributed by atoms with Crippen LogP contribution in [0.25, 0.3) is 5.65 Å². The van der Waals surface area contributed by atoms with Crippen LogP contribution in [0.2, 0.25) is 0 Å². The number of nitrogens with one attached hydrogen (secondary N) is 1. The quantitative estimate of drug-likeness (QED) is 0.891. The molecule has 2 heterocycles. The number of rotatable bonds is 4. The van der Waals surface area contributed by atoms with Crippen molar-refractivity contribution in [1.29, 1.82) is 0 Å².